The molecule has 3 N–H and O–H groups in total. The van der Waals surface area contributed by atoms with Crippen molar-refractivity contribution in [1.82, 2.24) is 14.8 Å². The first-order valence-corrected chi connectivity index (χ1v) is 5.86. The normalized spacial score (nSPS) is 14.0. The van der Waals surface area contributed by atoms with Crippen LogP contribution in [-0.2, 0) is 16.9 Å². The molecule has 2 rings (SSSR count). The fraction of sp³-hybridized carbons (Fsp3) is 0.250. The Morgan fingerprint density at radius 3 is 2.48 bits per heavy atom. The maximum atomic E-state index is 14.1. The van der Waals surface area contributed by atoms with E-state index in [1.165, 1.54) is 0 Å². The Morgan fingerprint density at radius 1 is 1.35 bits per heavy atom. The van der Waals surface area contributed by atoms with Crippen molar-refractivity contribution in [3.05, 3.63) is 48.1 Å². The van der Waals surface area contributed by atoms with Crippen LogP contribution in [0.1, 0.15) is 5.56 Å². The van der Waals surface area contributed by atoms with Crippen molar-refractivity contribution in [2.24, 2.45) is 5.73 Å². The van der Waals surface area contributed by atoms with Gasteiger partial charge < -0.3 is 10.8 Å². The highest BCUT2D eigenvalue weighted by atomic mass is 35.5. The van der Waals surface area contributed by atoms with Gasteiger partial charge in [0.2, 0.25) is 0 Å². The molecule has 0 bridgehead atoms. The lowest BCUT2D eigenvalue weighted by Gasteiger charge is -2.34. The van der Waals surface area contributed by atoms with E-state index in [9.17, 15) is 27.5 Å². The molecule has 0 aliphatic heterocycles. The van der Waals surface area contributed by atoms with E-state index in [-0.39, 0.29) is 12.4 Å². The number of carbonyl (C=O) groups excluding carboxylic acids is 1. The topological polar surface area (TPSA) is 94.0 Å². The standard InChI is InChI=1S/C12H10F4N4O2.ClH/c13-7-1-2-8(9(14)3-7)11(22,12(15,16)10(17)21)4-20-6-18-5-19-20;/h1-3,5-6,22H,4H2,(H2,17,21);1H. The predicted octanol–water partition coefficient (Wildman–Crippen LogP) is 0.987. The van der Waals surface area contributed by atoms with Gasteiger partial charge in [-0.1, -0.05) is 0 Å². The van der Waals surface area contributed by atoms with E-state index >= 15 is 0 Å². The van der Waals surface area contributed by atoms with Gasteiger partial charge in [-0.15, -0.1) is 12.4 Å². The van der Waals surface area contributed by atoms with Gasteiger partial charge >= 0.3 is 5.92 Å². The molecule has 0 aliphatic rings. The summed E-state index contributed by atoms with van der Waals surface area (Å²) in [4.78, 5) is 14.5. The summed E-state index contributed by atoms with van der Waals surface area (Å²) in [5.74, 6) is -9.20. The van der Waals surface area contributed by atoms with E-state index in [1.54, 1.807) is 0 Å². The molecular weight excluding hydrogens is 344 g/mol. The number of benzene rings is 1. The lowest BCUT2D eigenvalue weighted by Crippen LogP contribution is -2.56. The summed E-state index contributed by atoms with van der Waals surface area (Å²) in [7, 11) is 0. The van der Waals surface area contributed by atoms with E-state index < -0.39 is 41.2 Å². The number of hydrogen-bond acceptors (Lipinski definition) is 4. The number of primary amides is 1. The first-order valence-electron chi connectivity index (χ1n) is 5.86. The van der Waals surface area contributed by atoms with Gasteiger partial charge in [0.25, 0.3) is 5.91 Å². The highest BCUT2D eigenvalue weighted by Gasteiger charge is 2.60. The molecule has 1 atom stereocenters. The van der Waals surface area contributed by atoms with Crippen LogP contribution in [0.4, 0.5) is 17.6 Å². The zero-order valence-electron chi connectivity index (χ0n) is 11.3. The second-order valence-electron chi connectivity index (χ2n) is 4.52. The lowest BCUT2D eigenvalue weighted by atomic mass is 9.86. The fourth-order valence-corrected chi connectivity index (χ4v) is 1.93. The Morgan fingerprint density at radius 2 is 2.00 bits per heavy atom. The van der Waals surface area contributed by atoms with Crippen LogP contribution in [0.5, 0.6) is 0 Å². The minimum Gasteiger partial charge on any atom is -0.377 e. The largest absolute Gasteiger partial charge is 0.377 e. The number of aromatic nitrogens is 3. The summed E-state index contributed by atoms with van der Waals surface area (Å²) in [5, 5.41) is 13.8. The highest BCUT2D eigenvalue weighted by molar-refractivity contribution is 5.85. The minimum absolute atomic E-state index is 0. The van der Waals surface area contributed by atoms with Crippen LogP contribution in [0.25, 0.3) is 0 Å². The van der Waals surface area contributed by atoms with Crippen molar-refractivity contribution in [2.45, 2.75) is 18.1 Å². The van der Waals surface area contributed by atoms with E-state index in [1.807, 2.05) is 0 Å². The summed E-state index contributed by atoms with van der Waals surface area (Å²) >= 11 is 0. The molecule has 0 aliphatic carbocycles. The smallest absolute Gasteiger partial charge is 0.358 e. The van der Waals surface area contributed by atoms with E-state index in [2.05, 4.69) is 15.8 Å². The van der Waals surface area contributed by atoms with Gasteiger partial charge in [0, 0.05) is 11.6 Å². The Bertz CT molecular complexity index is 698. The van der Waals surface area contributed by atoms with Crippen molar-refractivity contribution in [1.29, 1.82) is 0 Å². The number of aliphatic hydroxyl groups is 1. The van der Waals surface area contributed by atoms with Gasteiger partial charge in [-0.25, -0.2) is 18.4 Å². The molecule has 0 saturated heterocycles. The number of nitrogens with zero attached hydrogens (tertiary/aromatic N) is 3. The Balaban J connectivity index is 0.00000264. The molecule has 1 heterocycles. The maximum Gasteiger partial charge on any atom is 0.358 e. The molecule has 1 aromatic carbocycles. The van der Waals surface area contributed by atoms with Crippen LogP contribution in [0.15, 0.2) is 30.9 Å². The molecule has 23 heavy (non-hydrogen) atoms. The molecule has 0 saturated carbocycles. The maximum absolute atomic E-state index is 14.1. The van der Waals surface area contributed by atoms with E-state index in [4.69, 9.17) is 0 Å². The molecule has 126 valence electrons. The average Bonchev–Trinajstić information content (AvgIpc) is 2.90. The highest BCUT2D eigenvalue weighted by Crippen LogP contribution is 2.40. The van der Waals surface area contributed by atoms with E-state index in [0.29, 0.717) is 18.2 Å². The third-order valence-electron chi connectivity index (χ3n) is 3.06. The first-order chi connectivity index (χ1) is 10.2. The van der Waals surface area contributed by atoms with Crippen molar-refractivity contribution in [2.75, 3.05) is 0 Å². The SMILES string of the molecule is Cl.NC(=O)C(F)(F)C(O)(Cn1cncn1)c1ccc(F)cc1F. The quantitative estimate of drug-likeness (QED) is 0.783. The number of rotatable bonds is 5. The third kappa shape index (κ3) is 3.27. The molecule has 1 unspecified atom stereocenters. The van der Waals surface area contributed by atoms with Crippen molar-refractivity contribution < 1.29 is 27.5 Å². The van der Waals surface area contributed by atoms with Crippen LogP contribution in [0, 0.1) is 11.6 Å². The summed E-state index contributed by atoms with van der Waals surface area (Å²) in [6, 6.07) is 1.58. The molecule has 0 radical (unpaired) electrons. The summed E-state index contributed by atoms with van der Waals surface area (Å²) in [6.45, 7) is -1.02. The molecule has 0 fully saturated rings. The molecule has 0 spiro atoms. The molecule has 2 aromatic rings. The molecule has 11 heteroatoms. The lowest BCUT2D eigenvalue weighted by molar-refractivity contribution is -0.200. The number of hydrogen-bond donors (Lipinski definition) is 2. The summed E-state index contributed by atoms with van der Waals surface area (Å²) in [5.41, 5.74) is 0.249. The van der Waals surface area contributed by atoms with Crippen LogP contribution >= 0.6 is 12.4 Å². The van der Waals surface area contributed by atoms with Crippen LogP contribution in [0.3, 0.4) is 0 Å². The second-order valence-corrected chi connectivity index (χ2v) is 4.52. The van der Waals surface area contributed by atoms with Crippen molar-refractivity contribution in [3.63, 3.8) is 0 Å². The molecule has 1 amide bonds. The van der Waals surface area contributed by atoms with Gasteiger partial charge in [0.15, 0.2) is 5.60 Å². The fourth-order valence-electron chi connectivity index (χ4n) is 1.93. The predicted molar refractivity (Wildman–Crippen MR) is 71.7 cm³/mol. The summed E-state index contributed by atoms with van der Waals surface area (Å²) < 4.78 is 55.8. The average molecular weight is 355 g/mol. The number of amides is 1. The van der Waals surface area contributed by atoms with Crippen LogP contribution in [0.2, 0.25) is 0 Å². The Hall–Kier alpha value is -2.20. The minimum atomic E-state index is -4.54. The van der Waals surface area contributed by atoms with Gasteiger partial charge in [0.1, 0.15) is 24.3 Å². The van der Waals surface area contributed by atoms with Gasteiger partial charge in [0.05, 0.1) is 6.54 Å². The number of alkyl halides is 2. The molecule has 1 aromatic heterocycles. The Kier molecular flexibility index (Phi) is 5.33. The first kappa shape index (κ1) is 18.8. The van der Waals surface area contributed by atoms with Crippen molar-refractivity contribution >= 4 is 18.3 Å². The van der Waals surface area contributed by atoms with Crippen LogP contribution < -0.4 is 5.73 Å². The van der Waals surface area contributed by atoms with E-state index in [0.717, 1.165) is 17.3 Å². The summed E-state index contributed by atoms with van der Waals surface area (Å²) in [6.07, 6.45) is 1.97. The molecular formula is C12H11ClF4N4O2. The number of nitrogens with two attached hydrogens (primary N) is 1. The van der Waals surface area contributed by atoms with Crippen LogP contribution in [-0.4, -0.2) is 31.7 Å². The van der Waals surface area contributed by atoms with Crippen molar-refractivity contribution in [3.8, 4) is 0 Å². The second kappa shape index (κ2) is 6.50. The number of halogens is 5. The third-order valence-corrected chi connectivity index (χ3v) is 3.06. The van der Waals surface area contributed by atoms with Gasteiger partial charge in [-0.3, -0.25) is 4.79 Å². The zero-order valence-corrected chi connectivity index (χ0v) is 12.1. The number of carbonyl (C=O) groups is 1. The monoisotopic (exact) mass is 354 g/mol. The van der Waals surface area contributed by atoms with Gasteiger partial charge in [-0.05, 0) is 12.1 Å². The van der Waals surface area contributed by atoms with Gasteiger partial charge in [-0.2, -0.15) is 13.9 Å². The zero-order chi connectivity index (χ0) is 16.5. The Labute approximate surface area is 133 Å². The molecule has 6 nitrogen and oxygen atoms in total.